The van der Waals surface area contributed by atoms with Crippen molar-refractivity contribution in [2.45, 2.75) is 42.1 Å². The summed E-state index contributed by atoms with van der Waals surface area (Å²) in [4.78, 5) is 13.7. The summed E-state index contributed by atoms with van der Waals surface area (Å²) in [5.41, 5.74) is 2.88. The van der Waals surface area contributed by atoms with Crippen molar-refractivity contribution in [3.05, 3.63) is 95.6 Å². The molecule has 0 aromatic heterocycles. The normalized spacial score (nSPS) is 12.3. The first-order valence-electron chi connectivity index (χ1n) is 10.4. The van der Waals surface area contributed by atoms with E-state index in [1.54, 1.807) is 36.0 Å². The minimum atomic E-state index is -3.59. The number of thioether (sulfide) groups is 1. The largest absolute Gasteiger partial charge is 0.350 e. The molecule has 0 heterocycles. The molecule has 0 aliphatic heterocycles. The summed E-state index contributed by atoms with van der Waals surface area (Å²) in [6, 6.07) is 24.1. The molecule has 0 saturated heterocycles. The molecule has 0 unspecified atom stereocenters. The van der Waals surface area contributed by atoms with Crippen LogP contribution >= 0.6 is 11.8 Å². The molecule has 1 amide bonds. The van der Waals surface area contributed by atoms with E-state index in [4.69, 9.17) is 0 Å². The Morgan fingerprint density at radius 1 is 0.906 bits per heavy atom. The van der Waals surface area contributed by atoms with Crippen LogP contribution in [0.4, 0.5) is 0 Å². The first-order valence-corrected chi connectivity index (χ1v) is 13.1. The van der Waals surface area contributed by atoms with E-state index in [1.165, 1.54) is 4.90 Å². The predicted octanol–water partition coefficient (Wildman–Crippen LogP) is 4.70. The van der Waals surface area contributed by atoms with Crippen molar-refractivity contribution in [2.75, 3.05) is 6.26 Å². The van der Waals surface area contributed by atoms with E-state index in [2.05, 4.69) is 10.0 Å². The van der Waals surface area contributed by atoms with Gasteiger partial charge in [0, 0.05) is 17.9 Å². The van der Waals surface area contributed by atoms with Gasteiger partial charge in [0.15, 0.2) is 0 Å². The first kappa shape index (κ1) is 24.0. The zero-order valence-electron chi connectivity index (χ0n) is 18.2. The number of carbonyl (C=O) groups excluding carboxylic acids is 1. The molecule has 2 N–H and O–H groups in total. The summed E-state index contributed by atoms with van der Waals surface area (Å²) in [7, 11) is -3.59. The molecule has 0 bridgehead atoms. The van der Waals surface area contributed by atoms with Crippen LogP contribution in [-0.2, 0) is 27.8 Å². The summed E-state index contributed by atoms with van der Waals surface area (Å²) >= 11 is 1.68. The highest BCUT2D eigenvalue weighted by Crippen LogP contribution is 2.19. The van der Waals surface area contributed by atoms with E-state index in [0.29, 0.717) is 12.8 Å². The lowest BCUT2D eigenvalue weighted by Crippen LogP contribution is -2.26. The lowest BCUT2D eigenvalue weighted by Gasteiger charge is -2.15. The molecule has 0 aliphatic carbocycles. The van der Waals surface area contributed by atoms with Gasteiger partial charge in [-0.05, 0) is 60.6 Å². The third kappa shape index (κ3) is 6.95. The summed E-state index contributed by atoms with van der Waals surface area (Å²) in [6.07, 6.45) is 2.91. The van der Waals surface area contributed by atoms with Crippen LogP contribution in [0.15, 0.2) is 88.7 Å². The fourth-order valence-corrected chi connectivity index (χ4v) is 4.67. The van der Waals surface area contributed by atoms with Gasteiger partial charge in [-0.2, -0.15) is 0 Å². The van der Waals surface area contributed by atoms with E-state index >= 15 is 0 Å². The number of hydrogen-bond donors (Lipinski definition) is 2. The minimum Gasteiger partial charge on any atom is -0.350 e. The summed E-state index contributed by atoms with van der Waals surface area (Å²) in [6.45, 7) is 2.21. The molecule has 168 valence electrons. The number of amides is 1. The average Bonchev–Trinajstić information content (AvgIpc) is 2.82. The Labute approximate surface area is 194 Å². The van der Waals surface area contributed by atoms with Crippen molar-refractivity contribution < 1.29 is 13.2 Å². The van der Waals surface area contributed by atoms with Crippen LogP contribution in [-0.4, -0.2) is 20.6 Å². The Balaban J connectivity index is 1.49. The fourth-order valence-electron chi connectivity index (χ4n) is 3.24. The lowest BCUT2D eigenvalue weighted by molar-refractivity contribution is -0.121. The maximum absolute atomic E-state index is 12.5. The minimum absolute atomic E-state index is 0.0346. The molecule has 0 aliphatic rings. The van der Waals surface area contributed by atoms with Crippen molar-refractivity contribution in [1.82, 2.24) is 10.0 Å². The quantitative estimate of drug-likeness (QED) is 0.423. The van der Waals surface area contributed by atoms with Gasteiger partial charge in [0.05, 0.1) is 10.9 Å². The second-order valence-corrected chi connectivity index (χ2v) is 10.2. The monoisotopic (exact) mass is 468 g/mol. The van der Waals surface area contributed by atoms with Gasteiger partial charge in [0.1, 0.15) is 0 Å². The standard InChI is InChI=1S/C25H28N2O3S2/c1-19(22-11-13-23(31-2)14-12-22)27-25(28)17-10-20-8-15-24(16-9-20)32(29,30)26-18-21-6-4-3-5-7-21/h3-9,11-16,19,26H,10,17-18H2,1-2H3,(H,27,28)/t19-/m1/s1. The molecule has 32 heavy (non-hydrogen) atoms. The Bertz CT molecular complexity index is 1110. The fraction of sp³-hybridized carbons (Fsp3) is 0.240. The molecule has 0 fully saturated rings. The highest BCUT2D eigenvalue weighted by molar-refractivity contribution is 7.98. The van der Waals surface area contributed by atoms with E-state index in [-0.39, 0.29) is 23.4 Å². The van der Waals surface area contributed by atoms with Crippen molar-refractivity contribution in [3.8, 4) is 0 Å². The average molecular weight is 469 g/mol. The molecule has 0 radical (unpaired) electrons. The number of rotatable bonds is 10. The summed E-state index contributed by atoms with van der Waals surface area (Å²) in [5, 5.41) is 3.02. The molecule has 0 spiro atoms. The van der Waals surface area contributed by atoms with E-state index in [1.807, 2.05) is 67.8 Å². The zero-order chi connectivity index (χ0) is 23.0. The number of sulfonamides is 1. The van der Waals surface area contributed by atoms with Gasteiger partial charge < -0.3 is 5.32 Å². The summed E-state index contributed by atoms with van der Waals surface area (Å²) in [5.74, 6) is -0.0346. The number of nitrogens with one attached hydrogen (secondary N) is 2. The van der Waals surface area contributed by atoms with Crippen molar-refractivity contribution in [2.24, 2.45) is 0 Å². The van der Waals surface area contributed by atoms with Gasteiger partial charge in [-0.3, -0.25) is 4.79 Å². The van der Waals surface area contributed by atoms with E-state index in [0.717, 1.165) is 16.7 Å². The molecule has 1 atom stereocenters. The van der Waals surface area contributed by atoms with Crippen LogP contribution in [0.5, 0.6) is 0 Å². The third-order valence-corrected chi connectivity index (χ3v) is 7.34. The maximum Gasteiger partial charge on any atom is 0.240 e. The van der Waals surface area contributed by atoms with E-state index in [9.17, 15) is 13.2 Å². The van der Waals surface area contributed by atoms with Gasteiger partial charge in [-0.25, -0.2) is 13.1 Å². The molecule has 0 saturated carbocycles. The predicted molar refractivity (Wildman–Crippen MR) is 130 cm³/mol. The molecular weight excluding hydrogens is 440 g/mol. The smallest absolute Gasteiger partial charge is 0.240 e. The van der Waals surface area contributed by atoms with Crippen LogP contribution in [0.2, 0.25) is 0 Å². The zero-order valence-corrected chi connectivity index (χ0v) is 19.9. The number of carbonyl (C=O) groups is 1. The number of hydrogen-bond acceptors (Lipinski definition) is 4. The SMILES string of the molecule is CSc1ccc([C@@H](C)NC(=O)CCc2ccc(S(=O)(=O)NCc3ccccc3)cc2)cc1. The van der Waals surface area contributed by atoms with Crippen molar-refractivity contribution in [3.63, 3.8) is 0 Å². The van der Waals surface area contributed by atoms with Gasteiger partial charge in [0.2, 0.25) is 15.9 Å². The molecule has 3 aromatic rings. The van der Waals surface area contributed by atoms with Crippen LogP contribution in [0, 0.1) is 0 Å². The van der Waals surface area contributed by atoms with Crippen LogP contribution < -0.4 is 10.0 Å². The molecule has 5 nitrogen and oxygen atoms in total. The van der Waals surface area contributed by atoms with Crippen LogP contribution in [0.3, 0.4) is 0 Å². The van der Waals surface area contributed by atoms with Gasteiger partial charge >= 0.3 is 0 Å². The lowest BCUT2D eigenvalue weighted by atomic mass is 10.1. The molecule has 7 heteroatoms. The Morgan fingerprint density at radius 3 is 2.19 bits per heavy atom. The Kier molecular flexibility index (Phi) is 8.50. The van der Waals surface area contributed by atoms with Gasteiger partial charge in [-0.1, -0.05) is 54.6 Å². The van der Waals surface area contributed by atoms with Gasteiger partial charge in [-0.15, -0.1) is 11.8 Å². The number of benzene rings is 3. The molecule has 3 aromatic carbocycles. The third-order valence-electron chi connectivity index (χ3n) is 5.18. The highest BCUT2D eigenvalue weighted by atomic mass is 32.2. The van der Waals surface area contributed by atoms with Gasteiger partial charge in [0.25, 0.3) is 0 Å². The van der Waals surface area contributed by atoms with Crippen LogP contribution in [0.25, 0.3) is 0 Å². The second kappa shape index (κ2) is 11.3. The van der Waals surface area contributed by atoms with E-state index < -0.39 is 10.0 Å². The molecular formula is C25H28N2O3S2. The Hall–Kier alpha value is -2.61. The second-order valence-electron chi connectivity index (χ2n) is 7.52. The highest BCUT2D eigenvalue weighted by Gasteiger charge is 2.14. The topological polar surface area (TPSA) is 75.3 Å². The maximum atomic E-state index is 12.5. The van der Waals surface area contributed by atoms with Crippen LogP contribution in [0.1, 0.15) is 36.1 Å². The Morgan fingerprint density at radius 2 is 1.56 bits per heavy atom. The molecule has 3 rings (SSSR count). The summed E-state index contributed by atoms with van der Waals surface area (Å²) < 4.78 is 27.6. The van der Waals surface area contributed by atoms with Crippen molar-refractivity contribution >= 4 is 27.7 Å². The number of aryl methyl sites for hydroxylation is 1. The van der Waals surface area contributed by atoms with Crippen molar-refractivity contribution in [1.29, 1.82) is 0 Å². The first-order chi connectivity index (χ1) is 15.4.